The molecule has 0 unspecified atom stereocenters. The van der Waals surface area contributed by atoms with E-state index in [1.54, 1.807) is 0 Å². The first-order valence-corrected chi connectivity index (χ1v) is 7.69. The van der Waals surface area contributed by atoms with Crippen molar-refractivity contribution in [2.24, 2.45) is 11.8 Å². The Balaban J connectivity index is 1.79. The molecule has 0 spiro atoms. The van der Waals surface area contributed by atoms with E-state index >= 15 is 0 Å². The Kier molecular flexibility index (Phi) is 5.18. The van der Waals surface area contributed by atoms with Gasteiger partial charge < -0.3 is 10.2 Å². The number of quaternary nitrogens is 1. The van der Waals surface area contributed by atoms with Gasteiger partial charge in [0.25, 0.3) is 5.91 Å². The van der Waals surface area contributed by atoms with Crippen LogP contribution in [-0.2, 0) is 11.3 Å². The van der Waals surface area contributed by atoms with E-state index in [9.17, 15) is 4.79 Å². The first-order valence-electron chi connectivity index (χ1n) is 7.69. The Morgan fingerprint density at radius 2 is 1.90 bits per heavy atom. The summed E-state index contributed by atoms with van der Waals surface area (Å²) in [5.74, 6) is 1.64. The number of piperidine rings is 1. The van der Waals surface area contributed by atoms with Crippen molar-refractivity contribution in [3.8, 4) is 0 Å². The summed E-state index contributed by atoms with van der Waals surface area (Å²) in [5, 5.41) is 3.06. The summed E-state index contributed by atoms with van der Waals surface area (Å²) in [6.07, 6.45) is 1.30. The zero-order valence-electron chi connectivity index (χ0n) is 12.9. The Morgan fingerprint density at radius 3 is 2.55 bits per heavy atom. The molecule has 1 aromatic carbocycles. The van der Waals surface area contributed by atoms with E-state index in [1.165, 1.54) is 22.4 Å². The summed E-state index contributed by atoms with van der Waals surface area (Å²) < 4.78 is 0. The van der Waals surface area contributed by atoms with Gasteiger partial charge in [-0.15, -0.1) is 0 Å². The van der Waals surface area contributed by atoms with Crippen LogP contribution in [0, 0.1) is 18.8 Å². The minimum absolute atomic E-state index is 0.171. The molecule has 3 nitrogen and oxygen atoms in total. The average Bonchev–Trinajstić information content (AvgIpc) is 2.36. The number of carbonyl (C=O) groups excluding carboxylic acids is 1. The predicted molar refractivity (Wildman–Crippen MR) is 81.5 cm³/mol. The first kappa shape index (κ1) is 15.0. The molecule has 1 amide bonds. The predicted octanol–water partition coefficient (Wildman–Crippen LogP) is 1.17. The molecule has 0 aliphatic carbocycles. The van der Waals surface area contributed by atoms with Crippen LogP contribution in [0.4, 0.5) is 0 Å². The van der Waals surface area contributed by atoms with Crippen LogP contribution in [-0.4, -0.2) is 25.5 Å². The van der Waals surface area contributed by atoms with Crippen LogP contribution in [0.3, 0.4) is 0 Å². The second-order valence-corrected chi connectivity index (χ2v) is 6.48. The van der Waals surface area contributed by atoms with E-state index in [4.69, 9.17) is 0 Å². The Labute approximate surface area is 122 Å². The molecular weight excluding hydrogens is 248 g/mol. The lowest BCUT2D eigenvalue weighted by molar-refractivity contribution is -0.904. The summed E-state index contributed by atoms with van der Waals surface area (Å²) in [7, 11) is 0. The van der Waals surface area contributed by atoms with Gasteiger partial charge in [0.1, 0.15) is 0 Å². The van der Waals surface area contributed by atoms with E-state index in [1.807, 2.05) is 12.1 Å². The van der Waals surface area contributed by atoms with Gasteiger partial charge in [0, 0.05) is 18.4 Å². The zero-order valence-corrected chi connectivity index (χ0v) is 12.9. The maximum absolute atomic E-state index is 12.1. The van der Waals surface area contributed by atoms with E-state index in [0.717, 1.165) is 24.9 Å². The minimum atomic E-state index is 0.171. The molecule has 0 saturated carbocycles. The third-order valence-corrected chi connectivity index (χ3v) is 4.23. The van der Waals surface area contributed by atoms with E-state index < -0.39 is 0 Å². The lowest BCUT2D eigenvalue weighted by Gasteiger charge is -2.31. The number of likely N-dealkylation sites (tertiary alicyclic amines) is 1. The highest BCUT2D eigenvalue weighted by atomic mass is 16.2. The molecule has 1 saturated heterocycles. The van der Waals surface area contributed by atoms with Crippen molar-refractivity contribution in [3.05, 3.63) is 35.4 Å². The Bertz CT molecular complexity index is 448. The molecule has 1 aromatic rings. The second-order valence-electron chi connectivity index (χ2n) is 6.48. The zero-order chi connectivity index (χ0) is 14.5. The van der Waals surface area contributed by atoms with E-state index in [-0.39, 0.29) is 5.91 Å². The quantitative estimate of drug-likeness (QED) is 0.850. The Hall–Kier alpha value is -1.35. The summed E-state index contributed by atoms with van der Waals surface area (Å²) in [6, 6.07) is 8.21. The van der Waals surface area contributed by atoms with Crippen LogP contribution in [0.15, 0.2) is 24.3 Å². The standard InChI is InChI=1S/C17H26N2O/c1-13-8-14(2)11-19(10-13)12-17(20)18-9-16-7-5-4-6-15(16)3/h4-7,13-14H,8-12H2,1-3H3,(H,18,20)/p+1/t13-,14-/m0/s1. The number of benzene rings is 1. The highest BCUT2D eigenvalue weighted by molar-refractivity contribution is 5.76. The fraction of sp³-hybridized carbons (Fsp3) is 0.588. The fourth-order valence-corrected chi connectivity index (χ4v) is 3.36. The van der Waals surface area contributed by atoms with Gasteiger partial charge in [-0.2, -0.15) is 0 Å². The average molecular weight is 275 g/mol. The van der Waals surface area contributed by atoms with Crippen molar-refractivity contribution >= 4 is 5.91 Å². The maximum atomic E-state index is 12.1. The van der Waals surface area contributed by atoms with Crippen LogP contribution in [0.1, 0.15) is 31.4 Å². The lowest BCUT2D eigenvalue weighted by atomic mass is 9.92. The van der Waals surface area contributed by atoms with Crippen molar-refractivity contribution < 1.29 is 9.69 Å². The van der Waals surface area contributed by atoms with Crippen molar-refractivity contribution in [2.45, 2.75) is 33.7 Å². The third kappa shape index (κ3) is 4.34. The van der Waals surface area contributed by atoms with Gasteiger partial charge >= 0.3 is 0 Å². The maximum Gasteiger partial charge on any atom is 0.275 e. The highest BCUT2D eigenvalue weighted by Gasteiger charge is 2.26. The van der Waals surface area contributed by atoms with Crippen molar-refractivity contribution in [2.75, 3.05) is 19.6 Å². The summed E-state index contributed by atoms with van der Waals surface area (Å²) in [6.45, 7) is 10.2. The summed E-state index contributed by atoms with van der Waals surface area (Å²) in [5.41, 5.74) is 2.44. The third-order valence-electron chi connectivity index (χ3n) is 4.23. The van der Waals surface area contributed by atoms with Gasteiger partial charge in [-0.1, -0.05) is 38.1 Å². The van der Waals surface area contributed by atoms with Crippen molar-refractivity contribution in [1.82, 2.24) is 5.32 Å². The number of amides is 1. The number of nitrogens with one attached hydrogen (secondary N) is 2. The van der Waals surface area contributed by atoms with Crippen LogP contribution >= 0.6 is 0 Å². The molecule has 0 bridgehead atoms. The van der Waals surface area contributed by atoms with Crippen LogP contribution in [0.2, 0.25) is 0 Å². The summed E-state index contributed by atoms with van der Waals surface area (Å²) >= 11 is 0. The largest absolute Gasteiger partial charge is 0.347 e. The lowest BCUT2D eigenvalue weighted by Crippen LogP contribution is -3.15. The number of hydrogen-bond donors (Lipinski definition) is 2. The van der Waals surface area contributed by atoms with E-state index in [0.29, 0.717) is 13.1 Å². The molecule has 1 aliphatic heterocycles. The van der Waals surface area contributed by atoms with Crippen LogP contribution in [0.5, 0.6) is 0 Å². The first-order chi connectivity index (χ1) is 9.54. The van der Waals surface area contributed by atoms with Gasteiger partial charge in [0.2, 0.25) is 0 Å². The number of rotatable bonds is 4. The monoisotopic (exact) mass is 275 g/mol. The molecule has 2 rings (SSSR count). The molecule has 0 aromatic heterocycles. The normalized spacial score (nSPS) is 26.2. The molecule has 2 N–H and O–H groups in total. The molecule has 110 valence electrons. The van der Waals surface area contributed by atoms with Gasteiger partial charge in [-0.05, 0) is 24.5 Å². The summed E-state index contributed by atoms with van der Waals surface area (Å²) in [4.78, 5) is 13.5. The SMILES string of the molecule is Cc1ccccc1CNC(=O)C[NH+]1C[C@@H](C)C[C@H](C)C1. The van der Waals surface area contributed by atoms with Crippen LogP contribution < -0.4 is 10.2 Å². The number of aryl methyl sites for hydroxylation is 1. The molecule has 2 atom stereocenters. The molecule has 1 aliphatic rings. The molecule has 3 heteroatoms. The molecule has 1 heterocycles. The smallest absolute Gasteiger partial charge is 0.275 e. The van der Waals surface area contributed by atoms with Gasteiger partial charge in [-0.3, -0.25) is 4.79 Å². The van der Waals surface area contributed by atoms with Crippen molar-refractivity contribution in [3.63, 3.8) is 0 Å². The molecule has 0 radical (unpaired) electrons. The Morgan fingerprint density at radius 1 is 1.25 bits per heavy atom. The number of hydrogen-bond acceptors (Lipinski definition) is 1. The number of carbonyl (C=O) groups is 1. The molecule has 1 fully saturated rings. The fourth-order valence-electron chi connectivity index (χ4n) is 3.36. The van der Waals surface area contributed by atoms with Crippen LogP contribution in [0.25, 0.3) is 0 Å². The minimum Gasteiger partial charge on any atom is -0.347 e. The molecular formula is C17H27N2O+. The topological polar surface area (TPSA) is 33.5 Å². The van der Waals surface area contributed by atoms with E-state index in [2.05, 4.69) is 38.2 Å². The van der Waals surface area contributed by atoms with Crippen molar-refractivity contribution in [1.29, 1.82) is 0 Å². The van der Waals surface area contributed by atoms with Gasteiger partial charge in [-0.25, -0.2) is 0 Å². The van der Waals surface area contributed by atoms with Gasteiger partial charge in [0.05, 0.1) is 13.1 Å². The second kappa shape index (κ2) is 6.89. The van der Waals surface area contributed by atoms with Gasteiger partial charge in [0.15, 0.2) is 6.54 Å². The highest BCUT2D eigenvalue weighted by Crippen LogP contribution is 2.11. The molecule has 20 heavy (non-hydrogen) atoms.